The molecule has 1 heterocycles. The van der Waals surface area contributed by atoms with Crippen molar-refractivity contribution in [1.82, 2.24) is 0 Å². The summed E-state index contributed by atoms with van der Waals surface area (Å²) in [5, 5.41) is 10.2. The molecule has 1 saturated heterocycles. The van der Waals surface area contributed by atoms with Gasteiger partial charge in [0, 0.05) is 19.8 Å². The average molecular weight is 452 g/mol. The molecule has 0 aromatic heterocycles. The van der Waals surface area contributed by atoms with Crippen LogP contribution in [0.25, 0.3) is 0 Å². The Kier molecular flexibility index (Phi) is 9.45. The third-order valence-corrected chi connectivity index (χ3v) is 5.50. The minimum Gasteiger partial charge on any atom is -0.461 e. The van der Waals surface area contributed by atoms with Crippen LogP contribution in [0.1, 0.15) is 39.5 Å². The Labute approximate surface area is 155 Å². The third-order valence-electron chi connectivity index (χ3n) is 3.69. The highest BCUT2D eigenvalue weighted by Crippen LogP contribution is 2.31. The van der Waals surface area contributed by atoms with Crippen molar-refractivity contribution in [2.24, 2.45) is 0 Å². The maximum Gasteiger partial charge on any atom is 0.302 e. The first-order valence-electron chi connectivity index (χ1n) is 7.79. The summed E-state index contributed by atoms with van der Waals surface area (Å²) in [7, 11) is 0. The van der Waals surface area contributed by atoms with Gasteiger partial charge < -0.3 is 14.6 Å². The second-order valence-corrected chi connectivity index (χ2v) is 7.76. The number of hydrogen-bond donors (Lipinski definition) is 1. The van der Waals surface area contributed by atoms with Crippen molar-refractivity contribution < 1.29 is 19.4 Å². The second kappa shape index (κ2) is 10.5. The van der Waals surface area contributed by atoms with E-state index in [0.29, 0.717) is 12.8 Å². The lowest BCUT2D eigenvalue weighted by atomic mass is 10.0. The van der Waals surface area contributed by atoms with E-state index in [1.807, 2.05) is 0 Å². The normalized spacial score (nSPS) is 28.3. The SMILES string of the molecule is C#C[C@@H](Br)[C@H]1C[C@@H](O)[C@@H](C[C@H](OC(C)=O)[C@@H](Br)C/C=C/CC)O1. The van der Waals surface area contributed by atoms with Crippen LogP contribution in [0.2, 0.25) is 0 Å². The first kappa shape index (κ1) is 20.7. The summed E-state index contributed by atoms with van der Waals surface area (Å²) in [5.41, 5.74) is 0. The van der Waals surface area contributed by atoms with Gasteiger partial charge in [0.05, 0.1) is 23.1 Å². The molecule has 0 amide bonds. The van der Waals surface area contributed by atoms with Crippen LogP contribution in [-0.4, -0.2) is 45.1 Å². The molecule has 1 aliphatic rings. The largest absolute Gasteiger partial charge is 0.461 e. The van der Waals surface area contributed by atoms with Gasteiger partial charge in [-0.3, -0.25) is 4.79 Å². The number of rotatable bonds is 8. The van der Waals surface area contributed by atoms with Crippen LogP contribution < -0.4 is 0 Å². The Morgan fingerprint density at radius 1 is 1.52 bits per heavy atom. The molecule has 0 radical (unpaired) electrons. The lowest BCUT2D eigenvalue weighted by molar-refractivity contribution is -0.148. The molecule has 0 bridgehead atoms. The Morgan fingerprint density at radius 3 is 2.78 bits per heavy atom. The van der Waals surface area contributed by atoms with E-state index in [2.05, 4.69) is 56.9 Å². The van der Waals surface area contributed by atoms with E-state index >= 15 is 0 Å². The van der Waals surface area contributed by atoms with E-state index in [0.717, 1.165) is 12.8 Å². The minimum absolute atomic E-state index is 0.0311. The van der Waals surface area contributed by atoms with Crippen molar-refractivity contribution in [3.05, 3.63) is 12.2 Å². The van der Waals surface area contributed by atoms with Crippen LogP contribution in [0.4, 0.5) is 0 Å². The quantitative estimate of drug-likeness (QED) is 0.266. The van der Waals surface area contributed by atoms with Crippen molar-refractivity contribution >= 4 is 37.8 Å². The molecule has 0 spiro atoms. The highest BCUT2D eigenvalue weighted by Gasteiger charge is 2.39. The monoisotopic (exact) mass is 450 g/mol. The van der Waals surface area contributed by atoms with Gasteiger partial charge in [-0.05, 0) is 12.8 Å². The Bertz CT molecular complexity index is 446. The number of terminal acetylenes is 1. The van der Waals surface area contributed by atoms with Gasteiger partial charge in [-0.1, -0.05) is 56.9 Å². The first-order chi connectivity index (χ1) is 10.9. The number of alkyl halides is 2. The molecule has 0 aromatic rings. The van der Waals surface area contributed by atoms with Crippen molar-refractivity contribution in [3.8, 4) is 12.3 Å². The van der Waals surface area contributed by atoms with Gasteiger partial charge in [-0.2, -0.15) is 0 Å². The maximum atomic E-state index is 11.4. The average Bonchev–Trinajstić information content (AvgIpc) is 2.86. The summed E-state index contributed by atoms with van der Waals surface area (Å²) in [5.74, 6) is 2.22. The van der Waals surface area contributed by atoms with Gasteiger partial charge in [0.2, 0.25) is 0 Å². The molecule has 1 rings (SSSR count). The number of halogens is 2. The summed E-state index contributed by atoms with van der Waals surface area (Å²) >= 11 is 6.94. The molecule has 0 aromatic carbocycles. The number of ether oxygens (including phenoxy) is 2. The van der Waals surface area contributed by atoms with E-state index in [1.165, 1.54) is 6.92 Å². The smallest absolute Gasteiger partial charge is 0.302 e. The lowest BCUT2D eigenvalue weighted by Crippen LogP contribution is -2.34. The van der Waals surface area contributed by atoms with Gasteiger partial charge in [-0.25, -0.2) is 0 Å². The minimum atomic E-state index is -0.614. The highest BCUT2D eigenvalue weighted by atomic mass is 79.9. The van der Waals surface area contributed by atoms with Crippen LogP contribution >= 0.6 is 31.9 Å². The zero-order valence-corrected chi connectivity index (χ0v) is 16.6. The number of esters is 1. The molecular formula is C17H24Br2O4. The van der Waals surface area contributed by atoms with E-state index in [4.69, 9.17) is 15.9 Å². The van der Waals surface area contributed by atoms with Crippen molar-refractivity contribution in [1.29, 1.82) is 0 Å². The number of hydrogen-bond acceptors (Lipinski definition) is 4. The summed E-state index contributed by atoms with van der Waals surface area (Å²) in [6, 6.07) is 0. The van der Waals surface area contributed by atoms with E-state index in [1.54, 1.807) is 0 Å². The van der Waals surface area contributed by atoms with Crippen molar-refractivity contribution in [2.45, 2.75) is 73.6 Å². The summed E-state index contributed by atoms with van der Waals surface area (Å²) in [6.07, 6.45) is 10.5. The molecule has 0 saturated carbocycles. The third kappa shape index (κ3) is 6.96. The fraction of sp³-hybridized carbons (Fsp3) is 0.706. The summed E-state index contributed by atoms with van der Waals surface area (Å²) in [6.45, 7) is 3.45. The predicted molar refractivity (Wildman–Crippen MR) is 97.8 cm³/mol. The molecule has 0 aliphatic carbocycles. The molecule has 130 valence electrons. The number of aliphatic hydroxyl groups is 1. The molecule has 1 aliphatic heterocycles. The fourth-order valence-corrected chi connectivity index (χ4v) is 3.41. The number of allylic oxidation sites excluding steroid dienone is 2. The molecule has 1 N–H and O–H groups in total. The molecule has 6 heteroatoms. The van der Waals surface area contributed by atoms with Crippen LogP contribution in [0.15, 0.2) is 12.2 Å². The number of carbonyl (C=O) groups excluding carboxylic acids is 1. The van der Waals surface area contributed by atoms with Gasteiger partial charge in [0.1, 0.15) is 10.9 Å². The molecule has 6 atom stereocenters. The molecule has 1 fully saturated rings. The topological polar surface area (TPSA) is 55.8 Å². The van der Waals surface area contributed by atoms with E-state index in [9.17, 15) is 9.90 Å². The van der Waals surface area contributed by atoms with Crippen LogP contribution in [0.3, 0.4) is 0 Å². The van der Waals surface area contributed by atoms with Crippen LogP contribution in [0.5, 0.6) is 0 Å². The molecule has 0 unspecified atom stereocenters. The maximum absolute atomic E-state index is 11.4. The van der Waals surface area contributed by atoms with Gasteiger partial charge in [0.25, 0.3) is 0 Å². The Hall–Kier alpha value is -0.350. The van der Waals surface area contributed by atoms with Gasteiger partial charge >= 0.3 is 5.97 Å². The summed E-state index contributed by atoms with van der Waals surface area (Å²) < 4.78 is 11.3. The first-order valence-corrected chi connectivity index (χ1v) is 9.62. The highest BCUT2D eigenvalue weighted by molar-refractivity contribution is 9.09. The Morgan fingerprint density at radius 2 is 2.22 bits per heavy atom. The van der Waals surface area contributed by atoms with Gasteiger partial charge in [-0.15, -0.1) is 6.42 Å². The van der Waals surface area contributed by atoms with Gasteiger partial charge in [0.15, 0.2) is 0 Å². The van der Waals surface area contributed by atoms with Crippen LogP contribution in [0, 0.1) is 12.3 Å². The standard InChI is InChI=1S/C17H24Br2O4/c1-4-6-7-8-13(19)16(22-11(3)20)10-17-14(21)9-15(23-17)12(18)5-2/h2,6-7,12-17,21H,4,8-10H2,1,3H3/b7-6+/t12-,13+,14-,15-,16+,17-/m1/s1. The van der Waals surface area contributed by atoms with Crippen molar-refractivity contribution in [3.63, 3.8) is 0 Å². The number of carbonyl (C=O) groups is 1. The van der Waals surface area contributed by atoms with Crippen molar-refractivity contribution in [2.75, 3.05) is 0 Å². The zero-order chi connectivity index (χ0) is 17.4. The predicted octanol–water partition coefficient (Wildman–Crippen LogP) is 3.34. The van der Waals surface area contributed by atoms with Crippen LogP contribution in [-0.2, 0) is 14.3 Å². The Balaban J connectivity index is 2.67. The van der Waals surface area contributed by atoms with E-state index < -0.39 is 12.2 Å². The molecular weight excluding hydrogens is 428 g/mol. The second-order valence-electron chi connectivity index (χ2n) is 5.60. The zero-order valence-electron chi connectivity index (χ0n) is 13.5. The molecule has 4 nitrogen and oxygen atoms in total. The number of aliphatic hydroxyl groups excluding tert-OH is 1. The van der Waals surface area contributed by atoms with E-state index in [-0.39, 0.29) is 27.8 Å². The molecule has 23 heavy (non-hydrogen) atoms. The summed E-state index contributed by atoms with van der Waals surface area (Å²) in [4.78, 5) is 11.1. The fourth-order valence-electron chi connectivity index (χ4n) is 2.53. The lowest BCUT2D eigenvalue weighted by Gasteiger charge is -2.26.